The Morgan fingerprint density at radius 2 is 1.88 bits per heavy atom. The molecule has 2 heteroatoms. The maximum absolute atomic E-state index is 10.8. The van der Waals surface area contributed by atoms with Crippen LogP contribution in [0.5, 0.6) is 11.5 Å². The first-order valence-electron chi connectivity index (χ1n) is 5.08. The number of aldehydes is 1. The summed E-state index contributed by atoms with van der Waals surface area (Å²) in [7, 11) is 0. The monoisotopic (exact) mass is 212 g/mol. The van der Waals surface area contributed by atoms with Crippen molar-refractivity contribution in [1.29, 1.82) is 0 Å². The zero-order chi connectivity index (χ0) is 11.4. The zero-order valence-corrected chi connectivity index (χ0v) is 9.01. The van der Waals surface area contributed by atoms with Crippen LogP contribution in [0.25, 0.3) is 0 Å². The van der Waals surface area contributed by atoms with Gasteiger partial charge in [-0.15, -0.1) is 0 Å². The van der Waals surface area contributed by atoms with E-state index in [1.807, 2.05) is 43.3 Å². The van der Waals surface area contributed by atoms with Gasteiger partial charge in [0.05, 0.1) is 5.56 Å². The predicted molar refractivity (Wildman–Crippen MR) is 63.1 cm³/mol. The van der Waals surface area contributed by atoms with Gasteiger partial charge in [0.1, 0.15) is 11.5 Å². The number of ether oxygens (including phenoxy) is 1. The Labute approximate surface area is 94.5 Å². The molecule has 0 aliphatic carbocycles. The first kappa shape index (κ1) is 10.4. The van der Waals surface area contributed by atoms with Gasteiger partial charge in [0.2, 0.25) is 0 Å². The fourth-order valence-electron chi connectivity index (χ4n) is 1.48. The van der Waals surface area contributed by atoms with Crippen molar-refractivity contribution in [3.05, 3.63) is 59.7 Å². The summed E-state index contributed by atoms with van der Waals surface area (Å²) in [6, 6.07) is 14.9. The highest BCUT2D eigenvalue weighted by Crippen LogP contribution is 2.24. The molecule has 2 aromatic rings. The third-order valence-corrected chi connectivity index (χ3v) is 2.26. The van der Waals surface area contributed by atoms with Crippen molar-refractivity contribution in [2.75, 3.05) is 0 Å². The number of aryl methyl sites for hydroxylation is 1. The maximum atomic E-state index is 10.8. The van der Waals surface area contributed by atoms with Crippen molar-refractivity contribution in [3.63, 3.8) is 0 Å². The van der Waals surface area contributed by atoms with Crippen LogP contribution in [-0.4, -0.2) is 6.29 Å². The molecular formula is C14H12O2. The molecule has 0 amide bonds. The minimum Gasteiger partial charge on any atom is -0.457 e. The Balaban J connectivity index is 2.30. The van der Waals surface area contributed by atoms with E-state index in [1.54, 1.807) is 12.1 Å². The van der Waals surface area contributed by atoms with Gasteiger partial charge in [-0.25, -0.2) is 0 Å². The van der Waals surface area contributed by atoms with Gasteiger partial charge in [-0.3, -0.25) is 4.79 Å². The van der Waals surface area contributed by atoms with Crippen molar-refractivity contribution in [2.45, 2.75) is 6.92 Å². The van der Waals surface area contributed by atoms with Gasteiger partial charge in [-0.2, -0.15) is 0 Å². The summed E-state index contributed by atoms with van der Waals surface area (Å²) in [5, 5.41) is 0. The molecule has 2 aromatic carbocycles. The van der Waals surface area contributed by atoms with E-state index >= 15 is 0 Å². The first-order chi connectivity index (χ1) is 7.79. The van der Waals surface area contributed by atoms with Crippen molar-refractivity contribution >= 4 is 6.29 Å². The summed E-state index contributed by atoms with van der Waals surface area (Å²) < 4.78 is 5.65. The van der Waals surface area contributed by atoms with Crippen LogP contribution < -0.4 is 4.74 Å². The van der Waals surface area contributed by atoms with Crippen LogP contribution in [0.4, 0.5) is 0 Å². The zero-order valence-electron chi connectivity index (χ0n) is 9.01. The average Bonchev–Trinajstić information content (AvgIpc) is 2.30. The molecule has 0 atom stereocenters. The number of carbonyl (C=O) groups excluding carboxylic acids is 1. The molecule has 16 heavy (non-hydrogen) atoms. The molecule has 0 aromatic heterocycles. The van der Waals surface area contributed by atoms with E-state index in [-0.39, 0.29) is 0 Å². The number of benzene rings is 2. The predicted octanol–water partition coefficient (Wildman–Crippen LogP) is 3.60. The fourth-order valence-corrected chi connectivity index (χ4v) is 1.48. The lowest BCUT2D eigenvalue weighted by Crippen LogP contribution is -1.89. The molecule has 2 rings (SSSR count). The molecule has 0 saturated carbocycles. The van der Waals surface area contributed by atoms with Crippen LogP contribution in [0.15, 0.2) is 48.5 Å². The summed E-state index contributed by atoms with van der Waals surface area (Å²) in [5.74, 6) is 1.33. The van der Waals surface area contributed by atoms with Gasteiger partial charge in [-0.05, 0) is 36.8 Å². The Morgan fingerprint density at radius 3 is 2.62 bits per heavy atom. The molecule has 80 valence electrons. The topological polar surface area (TPSA) is 26.3 Å². The van der Waals surface area contributed by atoms with Crippen LogP contribution in [-0.2, 0) is 0 Å². The summed E-state index contributed by atoms with van der Waals surface area (Å²) in [6.45, 7) is 2.00. The van der Waals surface area contributed by atoms with Crippen LogP contribution >= 0.6 is 0 Å². The van der Waals surface area contributed by atoms with Gasteiger partial charge in [0, 0.05) is 0 Å². The molecule has 0 aliphatic heterocycles. The Hall–Kier alpha value is -2.09. The van der Waals surface area contributed by atoms with E-state index < -0.39 is 0 Å². The van der Waals surface area contributed by atoms with E-state index in [9.17, 15) is 4.79 Å². The SMILES string of the molecule is Cc1cccc(Oc2ccccc2C=O)c1. The molecule has 2 nitrogen and oxygen atoms in total. The van der Waals surface area contributed by atoms with E-state index in [4.69, 9.17) is 4.74 Å². The quantitative estimate of drug-likeness (QED) is 0.726. The minimum absolute atomic E-state index is 0.559. The number of para-hydroxylation sites is 1. The van der Waals surface area contributed by atoms with Gasteiger partial charge < -0.3 is 4.74 Å². The smallest absolute Gasteiger partial charge is 0.153 e. The van der Waals surface area contributed by atoms with Gasteiger partial charge in [0.15, 0.2) is 6.29 Å². The summed E-state index contributed by atoms with van der Waals surface area (Å²) in [6.07, 6.45) is 0.797. The molecule has 0 fully saturated rings. The van der Waals surface area contributed by atoms with Crippen LogP contribution in [0, 0.1) is 6.92 Å². The van der Waals surface area contributed by atoms with Crippen LogP contribution in [0.2, 0.25) is 0 Å². The second kappa shape index (κ2) is 4.62. The lowest BCUT2D eigenvalue weighted by Gasteiger charge is -2.07. The second-order valence-corrected chi connectivity index (χ2v) is 3.57. The Morgan fingerprint density at radius 1 is 1.06 bits per heavy atom. The first-order valence-corrected chi connectivity index (χ1v) is 5.08. The second-order valence-electron chi connectivity index (χ2n) is 3.57. The number of rotatable bonds is 3. The summed E-state index contributed by atoms with van der Waals surface area (Å²) in [4.78, 5) is 10.8. The molecule has 0 spiro atoms. The molecule has 0 saturated heterocycles. The van der Waals surface area contributed by atoms with E-state index in [1.165, 1.54) is 0 Å². The highest BCUT2D eigenvalue weighted by molar-refractivity contribution is 5.79. The molecule has 0 unspecified atom stereocenters. The van der Waals surface area contributed by atoms with Gasteiger partial charge >= 0.3 is 0 Å². The molecule has 0 heterocycles. The number of hydrogen-bond acceptors (Lipinski definition) is 2. The highest BCUT2D eigenvalue weighted by Gasteiger charge is 2.02. The number of carbonyl (C=O) groups is 1. The summed E-state index contributed by atoms with van der Waals surface area (Å²) >= 11 is 0. The van der Waals surface area contributed by atoms with E-state index in [0.717, 1.165) is 17.6 Å². The lowest BCUT2D eigenvalue weighted by atomic mass is 10.2. The van der Waals surface area contributed by atoms with E-state index in [2.05, 4.69) is 0 Å². The Bertz CT molecular complexity index is 504. The van der Waals surface area contributed by atoms with Gasteiger partial charge in [0.25, 0.3) is 0 Å². The van der Waals surface area contributed by atoms with Crippen molar-refractivity contribution in [2.24, 2.45) is 0 Å². The minimum atomic E-state index is 0.559. The van der Waals surface area contributed by atoms with E-state index in [0.29, 0.717) is 11.3 Å². The standard InChI is InChI=1S/C14H12O2/c1-11-5-4-7-13(9-11)16-14-8-3-2-6-12(14)10-15/h2-10H,1H3. The molecule has 0 radical (unpaired) electrons. The van der Waals surface area contributed by atoms with Crippen LogP contribution in [0.1, 0.15) is 15.9 Å². The number of hydrogen-bond donors (Lipinski definition) is 0. The largest absolute Gasteiger partial charge is 0.457 e. The third-order valence-electron chi connectivity index (χ3n) is 2.26. The molecule has 0 bridgehead atoms. The lowest BCUT2D eigenvalue weighted by molar-refractivity contribution is 0.112. The molecule has 0 aliphatic rings. The third kappa shape index (κ3) is 2.28. The van der Waals surface area contributed by atoms with Crippen molar-refractivity contribution in [3.8, 4) is 11.5 Å². The molecular weight excluding hydrogens is 200 g/mol. The normalized spacial score (nSPS) is 9.81. The average molecular weight is 212 g/mol. The van der Waals surface area contributed by atoms with Crippen LogP contribution in [0.3, 0.4) is 0 Å². The molecule has 0 N–H and O–H groups in total. The van der Waals surface area contributed by atoms with Crippen molar-refractivity contribution in [1.82, 2.24) is 0 Å². The van der Waals surface area contributed by atoms with Crippen molar-refractivity contribution < 1.29 is 9.53 Å². The van der Waals surface area contributed by atoms with Gasteiger partial charge in [-0.1, -0.05) is 24.3 Å². The summed E-state index contributed by atoms with van der Waals surface area (Å²) in [5.41, 5.74) is 1.69. The highest BCUT2D eigenvalue weighted by atomic mass is 16.5. The maximum Gasteiger partial charge on any atom is 0.153 e. The fraction of sp³-hybridized carbons (Fsp3) is 0.0714. The Kier molecular flexibility index (Phi) is 3.01.